The summed E-state index contributed by atoms with van der Waals surface area (Å²) in [6, 6.07) is 7.66. The Morgan fingerprint density at radius 2 is 2.17 bits per heavy atom. The van der Waals surface area contributed by atoms with Crippen LogP contribution in [-0.2, 0) is 6.54 Å². The number of nitrogens with zero attached hydrogens (tertiary/aromatic N) is 2. The zero-order valence-electron chi connectivity index (χ0n) is 6.37. The molecule has 0 aliphatic heterocycles. The zero-order valence-corrected chi connectivity index (χ0v) is 7.12. The van der Waals surface area contributed by atoms with Crippen molar-refractivity contribution in [2.24, 2.45) is 5.73 Å². The van der Waals surface area contributed by atoms with Crippen molar-refractivity contribution in [2.45, 2.75) is 6.54 Å². The van der Waals surface area contributed by atoms with E-state index < -0.39 is 0 Å². The third kappa shape index (κ3) is 0.983. The van der Waals surface area contributed by atoms with E-state index in [4.69, 9.17) is 17.5 Å². The minimum absolute atomic E-state index is 0.359. The summed E-state index contributed by atoms with van der Waals surface area (Å²) in [6.45, 7) is 0.359. The summed E-state index contributed by atoms with van der Waals surface area (Å²) in [5.41, 5.74) is 7.23. The molecule has 0 spiro atoms. The predicted molar refractivity (Wildman–Crippen MR) is 48.9 cm³/mol. The Morgan fingerprint density at radius 1 is 1.42 bits per heavy atom. The van der Waals surface area contributed by atoms with E-state index >= 15 is 0 Å². The molecule has 0 radical (unpaired) electrons. The standard InChI is InChI=1S/C8H8ClN3/c9-12-7-4-2-1-3-6(7)11-8(12)5-10/h1-4H,5,10H2. The number of hydrogen-bond donors (Lipinski definition) is 1. The van der Waals surface area contributed by atoms with Gasteiger partial charge in [-0.1, -0.05) is 12.1 Å². The smallest absolute Gasteiger partial charge is 0.138 e. The molecule has 3 nitrogen and oxygen atoms in total. The summed E-state index contributed by atoms with van der Waals surface area (Å²) < 4.78 is 1.50. The summed E-state index contributed by atoms with van der Waals surface area (Å²) >= 11 is 5.93. The molecule has 0 atom stereocenters. The molecular formula is C8H8ClN3. The molecule has 2 N–H and O–H groups in total. The minimum atomic E-state index is 0.359. The maximum atomic E-state index is 5.93. The van der Waals surface area contributed by atoms with E-state index in [0.717, 1.165) is 11.0 Å². The Balaban J connectivity index is 2.78. The molecule has 62 valence electrons. The van der Waals surface area contributed by atoms with Crippen molar-refractivity contribution in [3.63, 3.8) is 0 Å². The van der Waals surface area contributed by atoms with E-state index in [1.165, 1.54) is 4.09 Å². The summed E-state index contributed by atoms with van der Waals surface area (Å²) in [5.74, 6) is 0.692. The predicted octanol–water partition coefficient (Wildman–Crippen LogP) is 1.50. The molecule has 1 aromatic carbocycles. The van der Waals surface area contributed by atoms with Gasteiger partial charge in [-0.15, -0.1) is 0 Å². The van der Waals surface area contributed by atoms with Gasteiger partial charge in [-0.25, -0.2) is 9.07 Å². The number of aromatic nitrogens is 2. The molecule has 2 aromatic rings. The van der Waals surface area contributed by atoms with Crippen LogP contribution in [0.25, 0.3) is 11.0 Å². The summed E-state index contributed by atoms with van der Waals surface area (Å²) in [7, 11) is 0. The largest absolute Gasteiger partial charge is 0.324 e. The minimum Gasteiger partial charge on any atom is -0.324 e. The maximum Gasteiger partial charge on any atom is 0.138 e. The van der Waals surface area contributed by atoms with Gasteiger partial charge >= 0.3 is 0 Å². The molecule has 0 aliphatic rings. The quantitative estimate of drug-likeness (QED) is 0.725. The van der Waals surface area contributed by atoms with Crippen LogP contribution in [0.2, 0.25) is 0 Å². The lowest BCUT2D eigenvalue weighted by Gasteiger charge is -1.93. The molecular weight excluding hydrogens is 174 g/mol. The Hall–Kier alpha value is -1.06. The maximum absolute atomic E-state index is 5.93. The SMILES string of the molecule is NCc1nc2ccccc2n1Cl. The number of benzene rings is 1. The van der Waals surface area contributed by atoms with Gasteiger partial charge in [-0.05, 0) is 12.1 Å². The van der Waals surface area contributed by atoms with Gasteiger partial charge in [0.25, 0.3) is 0 Å². The van der Waals surface area contributed by atoms with E-state index in [0.29, 0.717) is 12.4 Å². The van der Waals surface area contributed by atoms with Crippen LogP contribution in [0, 0.1) is 0 Å². The van der Waals surface area contributed by atoms with Crippen molar-refractivity contribution in [3.8, 4) is 0 Å². The first-order valence-corrected chi connectivity index (χ1v) is 3.99. The number of fused-ring (bicyclic) bond motifs is 1. The first-order chi connectivity index (χ1) is 5.83. The number of hydrogen-bond acceptors (Lipinski definition) is 2. The van der Waals surface area contributed by atoms with Crippen molar-refractivity contribution >= 4 is 22.8 Å². The molecule has 0 fully saturated rings. The first-order valence-electron chi connectivity index (χ1n) is 3.65. The normalized spacial score (nSPS) is 10.8. The van der Waals surface area contributed by atoms with Gasteiger partial charge < -0.3 is 5.73 Å². The Labute approximate surface area is 74.9 Å². The highest BCUT2D eigenvalue weighted by molar-refractivity contribution is 6.19. The summed E-state index contributed by atoms with van der Waals surface area (Å²) in [5, 5.41) is 0. The molecule has 1 heterocycles. The highest BCUT2D eigenvalue weighted by Gasteiger charge is 2.05. The van der Waals surface area contributed by atoms with Crippen LogP contribution >= 0.6 is 11.8 Å². The Kier molecular flexibility index (Phi) is 1.75. The van der Waals surface area contributed by atoms with Crippen LogP contribution in [0.1, 0.15) is 5.82 Å². The van der Waals surface area contributed by atoms with Gasteiger partial charge in [0.1, 0.15) is 5.82 Å². The molecule has 4 heteroatoms. The molecule has 0 saturated heterocycles. The molecule has 0 saturated carbocycles. The molecule has 0 bridgehead atoms. The molecule has 0 amide bonds. The van der Waals surface area contributed by atoms with Crippen LogP contribution in [0.4, 0.5) is 0 Å². The number of halogens is 1. The first kappa shape index (κ1) is 7.58. The lowest BCUT2D eigenvalue weighted by molar-refractivity contribution is 0.929. The van der Waals surface area contributed by atoms with Crippen LogP contribution in [0.3, 0.4) is 0 Å². The fourth-order valence-corrected chi connectivity index (χ4v) is 1.42. The molecule has 0 aliphatic carbocycles. The van der Waals surface area contributed by atoms with E-state index in [1.807, 2.05) is 24.3 Å². The molecule has 1 aromatic heterocycles. The molecule has 2 rings (SSSR count). The van der Waals surface area contributed by atoms with Gasteiger partial charge in [-0.3, -0.25) is 0 Å². The Bertz CT molecular complexity index is 408. The number of imidazole rings is 1. The number of para-hydroxylation sites is 2. The van der Waals surface area contributed by atoms with E-state index in [1.54, 1.807) is 0 Å². The van der Waals surface area contributed by atoms with Crippen molar-refractivity contribution in [2.75, 3.05) is 0 Å². The van der Waals surface area contributed by atoms with Gasteiger partial charge in [0.2, 0.25) is 0 Å². The van der Waals surface area contributed by atoms with E-state index in [9.17, 15) is 0 Å². The van der Waals surface area contributed by atoms with Gasteiger partial charge in [-0.2, -0.15) is 0 Å². The van der Waals surface area contributed by atoms with Crippen molar-refractivity contribution in [1.29, 1.82) is 0 Å². The average molecular weight is 182 g/mol. The molecule has 12 heavy (non-hydrogen) atoms. The van der Waals surface area contributed by atoms with Gasteiger partial charge in [0.05, 0.1) is 17.6 Å². The lowest BCUT2D eigenvalue weighted by atomic mass is 10.3. The second kappa shape index (κ2) is 2.77. The second-order valence-corrected chi connectivity index (χ2v) is 2.84. The fraction of sp³-hybridized carbons (Fsp3) is 0.125. The topological polar surface area (TPSA) is 43.8 Å². The third-order valence-corrected chi connectivity index (χ3v) is 2.13. The molecule has 0 unspecified atom stereocenters. The van der Waals surface area contributed by atoms with Crippen molar-refractivity contribution in [1.82, 2.24) is 9.07 Å². The van der Waals surface area contributed by atoms with Crippen LogP contribution < -0.4 is 5.73 Å². The third-order valence-electron chi connectivity index (χ3n) is 1.75. The summed E-state index contributed by atoms with van der Waals surface area (Å²) in [6.07, 6.45) is 0. The monoisotopic (exact) mass is 181 g/mol. The van der Waals surface area contributed by atoms with Crippen LogP contribution in [0.15, 0.2) is 24.3 Å². The van der Waals surface area contributed by atoms with Crippen LogP contribution in [-0.4, -0.2) is 9.07 Å². The van der Waals surface area contributed by atoms with E-state index in [2.05, 4.69) is 4.98 Å². The van der Waals surface area contributed by atoms with Gasteiger partial charge in [0.15, 0.2) is 0 Å². The van der Waals surface area contributed by atoms with Crippen LogP contribution in [0.5, 0.6) is 0 Å². The van der Waals surface area contributed by atoms with Crippen molar-refractivity contribution in [3.05, 3.63) is 30.1 Å². The van der Waals surface area contributed by atoms with Gasteiger partial charge in [0, 0.05) is 11.8 Å². The van der Waals surface area contributed by atoms with E-state index in [-0.39, 0.29) is 0 Å². The number of rotatable bonds is 1. The second-order valence-electron chi connectivity index (χ2n) is 2.50. The summed E-state index contributed by atoms with van der Waals surface area (Å²) in [4.78, 5) is 4.24. The number of nitrogens with two attached hydrogens (primary N) is 1. The van der Waals surface area contributed by atoms with Crippen molar-refractivity contribution < 1.29 is 0 Å². The Morgan fingerprint density at radius 3 is 2.83 bits per heavy atom. The highest BCUT2D eigenvalue weighted by Crippen LogP contribution is 2.16. The zero-order chi connectivity index (χ0) is 8.55. The lowest BCUT2D eigenvalue weighted by Crippen LogP contribution is -2.01. The fourth-order valence-electron chi connectivity index (χ4n) is 1.17. The average Bonchev–Trinajstić information content (AvgIpc) is 2.44. The highest BCUT2D eigenvalue weighted by atomic mass is 35.5.